The average molecular weight is 213 g/mol. The second kappa shape index (κ2) is 3.52. The van der Waals surface area contributed by atoms with Gasteiger partial charge in [-0.3, -0.25) is 0 Å². The average Bonchev–Trinajstić information content (AvgIpc) is 2.37. The Morgan fingerprint density at radius 1 is 1.12 bits per heavy atom. The van der Waals surface area contributed by atoms with Gasteiger partial charge in [0.15, 0.2) is 0 Å². The highest BCUT2D eigenvalue weighted by atomic mass is 16.5. The van der Waals surface area contributed by atoms with Crippen molar-refractivity contribution >= 4 is 16.5 Å². The first kappa shape index (κ1) is 9.21. The second-order valence-corrected chi connectivity index (χ2v) is 3.80. The van der Waals surface area contributed by atoms with E-state index in [1.807, 2.05) is 36.4 Å². The van der Waals surface area contributed by atoms with Gasteiger partial charge in [-0.05, 0) is 16.8 Å². The molecule has 0 unspecified atom stereocenters. The fourth-order valence-electron chi connectivity index (χ4n) is 2.15. The number of benzene rings is 2. The third kappa shape index (κ3) is 1.25. The Morgan fingerprint density at radius 3 is 2.88 bits per heavy atom. The number of nitrogens with zero attached hydrogens (tertiary/aromatic N) is 1. The van der Waals surface area contributed by atoms with E-state index in [2.05, 4.69) is 5.16 Å². The third-order valence-corrected chi connectivity index (χ3v) is 2.90. The predicted molar refractivity (Wildman–Crippen MR) is 62.4 cm³/mol. The summed E-state index contributed by atoms with van der Waals surface area (Å²) >= 11 is 0. The third-order valence-electron chi connectivity index (χ3n) is 2.90. The molecule has 0 aliphatic carbocycles. The summed E-state index contributed by atoms with van der Waals surface area (Å²) in [5.74, 6) is 0.803. The maximum atomic E-state index is 9.03. The molecule has 0 saturated carbocycles. The SMILES string of the molecule is ON=C1CCOc2ccc3ccccc3c21. The maximum absolute atomic E-state index is 9.03. The van der Waals surface area contributed by atoms with Crippen molar-refractivity contribution < 1.29 is 9.94 Å². The first-order valence-corrected chi connectivity index (χ1v) is 5.26. The zero-order chi connectivity index (χ0) is 11.0. The van der Waals surface area contributed by atoms with E-state index in [1.54, 1.807) is 0 Å². The van der Waals surface area contributed by atoms with Crippen LogP contribution in [0.2, 0.25) is 0 Å². The van der Waals surface area contributed by atoms with Crippen LogP contribution in [0, 0.1) is 0 Å². The van der Waals surface area contributed by atoms with Crippen LogP contribution in [0.1, 0.15) is 12.0 Å². The minimum absolute atomic E-state index is 0.574. The molecule has 3 heteroatoms. The van der Waals surface area contributed by atoms with E-state index in [0.29, 0.717) is 18.7 Å². The Morgan fingerprint density at radius 2 is 2.00 bits per heavy atom. The summed E-state index contributed by atoms with van der Waals surface area (Å²) in [6, 6.07) is 12.0. The van der Waals surface area contributed by atoms with Gasteiger partial charge < -0.3 is 9.94 Å². The van der Waals surface area contributed by atoms with E-state index in [-0.39, 0.29) is 0 Å². The number of hydrogen-bond donors (Lipinski definition) is 1. The number of oxime groups is 1. The van der Waals surface area contributed by atoms with Gasteiger partial charge in [0.1, 0.15) is 5.75 Å². The molecule has 0 spiro atoms. The van der Waals surface area contributed by atoms with Crippen LogP contribution in [-0.4, -0.2) is 17.5 Å². The zero-order valence-electron chi connectivity index (χ0n) is 8.68. The van der Waals surface area contributed by atoms with Crippen LogP contribution in [0.4, 0.5) is 0 Å². The topological polar surface area (TPSA) is 41.8 Å². The molecule has 2 aromatic rings. The normalized spacial score (nSPS) is 17.1. The molecular formula is C13H11NO2. The molecule has 1 aliphatic heterocycles. The van der Waals surface area contributed by atoms with E-state index in [9.17, 15) is 0 Å². The van der Waals surface area contributed by atoms with Crippen LogP contribution < -0.4 is 4.74 Å². The standard InChI is InChI=1S/C13H11NO2/c15-14-11-7-8-16-12-6-5-9-3-1-2-4-10(9)13(11)12/h1-6,15H,7-8H2. The fraction of sp³-hybridized carbons (Fsp3) is 0.154. The van der Waals surface area contributed by atoms with Gasteiger partial charge in [-0.2, -0.15) is 0 Å². The van der Waals surface area contributed by atoms with Gasteiger partial charge in [-0.15, -0.1) is 0 Å². The van der Waals surface area contributed by atoms with Gasteiger partial charge in [0.05, 0.1) is 12.3 Å². The summed E-state index contributed by atoms with van der Waals surface area (Å²) in [4.78, 5) is 0. The number of ether oxygens (including phenoxy) is 1. The lowest BCUT2D eigenvalue weighted by molar-refractivity contribution is 0.298. The molecule has 0 radical (unpaired) electrons. The fourth-order valence-corrected chi connectivity index (χ4v) is 2.15. The number of rotatable bonds is 0. The van der Waals surface area contributed by atoms with Crippen LogP contribution in [-0.2, 0) is 0 Å². The predicted octanol–water partition coefficient (Wildman–Crippen LogP) is 2.80. The van der Waals surface area contributed by atoms with Crippen LogP contribution in [0.25, 0.3) is 10.8 Å². The summed E-state index contributed by atoms with van der Waals surface area (Å²) < 4.78 is 5.57. The van der Waals surface area contributed by atoms with E-state index < -0.39 is 0 Å². The monoisotopic (exact) mass is 213 g/mol. The quantitative estimate of drug-likeness (QED) is 0.540. The lowest BCUT2D eigenvalue weighted by Gasteiger charge is -2.19. The van der Waals surface area contributed by atoms with Gasteiger partial charge in [-0.1, -0.05) is 35.5 Å². The van der Waals surface area contributed by atoms with Crippen LogP contribution in [0.3, 0.4) is 0 Å². The van der Waals surface area contributed by atoms with E-state index in [0.717, 1.165) is 22.1 Å². The molecule has 1 N–H and O–H groups in total. The molecule has 0 fully saturated rings. The summed E-state index contributed by atoms with van der Waals surface area (Å²) in [5, 5.41) is 14.6. The van der Waals surface area contributed by atoms with Crippen molar-refractivity contribution in [2.45, 2.75) is 6.42 Å². The minimum Gasteiger partial charge on any atom is -0.492 e. The van der Waals surface area contributed by atoms with E-state index in [4.69, 9.17) is 9.94 Å². The Balaban J connectivity index is 2.39. The second-order valence-electron chi connectivity index (χ2n) is 3.80. The van der Waals surface area contributed by atoms with Crippen LogP contribution >= 0.6 is 0 Å². The lowest BCUT2D eigenvalue weighted by Crippen LogP contribution is -2.16. The van der Waals surface area contributed by atoms with Crippen molar-refractivity contribution in [3.8, 4) is 5.75 Å². The van der Waals surface area contributed by atoms with Gasteiger partial charge in [0.2, 0.25) is 0 Å². The molecule has 0 aromatic heterocycles. The molecule has 0 amide bonds. The molecule has 16 heavy (non-hydrogen) atoms. The van der Waals surface area contributed by atoms with Gasteiger partial charge in [0.25, 0.3) is 0 Å². The number of fused-ring (bicyclic) bond motifs is 3. The summed E-state index contributed by atoms with van der Waals surface area (Å²) in [5.41, 5.74) is 1.63. The number of hydrogen-bond acceptors (Lipinski definition) is 3. The molecular weight excluding hydrogens is 202 g/mol. The summed E-state index contributed by atoms with van der Waals surface area (Å²) in [7, 11) is 0. The largest absolute Gasteiger partial charge is 0.492 e. The molecule has 3 nitrogen and oxygen atoms in total. The lowest BCUT2D eigenvalue weighted by atomic mass is 9.97. The molecule has 0 bridgehead atoms. The highest BCUT2D eigenvalue weighted by Gasteiger charge is 2.19. The summed E-state index contributed by atoms with van der Waals surface area (Å²) in [6.45, 7) is 0.574. The summed E-state index contributed by atoms with van der Waals surface area (Å²) in [6.07, 6.45) is 0.650. The highest BCUT2D eigenvalue weighted by molar-refractivity contribution is 6.13. The van der Waals surface area contributed by atoms with Crippen molar-refractivity contribution in [3.05, 3.63) is 42.0 Å². The van der Waals surface area contributed by atoms with Gasteiger partial charge in [-0.25, -0.2) is 0 Å². The van der Waals surface area contributed by atoms with Crippen molar-refractivity contribution in [3.63, 3.8) is 0 Å². The Hall–Kier alpha value is -2.03. The van der Waals surface area contributed by atoms with Gasteiger partial charge in [0, 0.05) is 12.0 Å². The Bertz CT molecular complexity index is 575. The van der Waals surface area contributed by atoms with Crippen molar-refractivity contribution in [2.24, 2.45) is 5.16 Å². The first-order valence-electron chi connectivity index (χ1n) is 5.26. The van der Waals surface area contributed by atoms with E-state index in [1.165, 1.54) is 0 Å². The zero-order valence-corrected chi connectivity index (χ0v) is 8.68. The first-order chi connectivity index (χ1) is 7.90. The smallest absolute Gasteiger partial charge is 0.129 e. The molecule has 80 valence electrons. The minimum atomic E-state index is 0.574. The van der Waals surface area contributed by atoms with Crippen molar-refractivity contribution in [1.82, 2.24) is 0 Å². The molecule has 0 atom stereocenters. The van der Waals surface area contributed by atoms with Gasteiger partial charge >= 0.3 is 0 Å². The molecule has 3 rings (SSSR count). The van der Waals surface area contributed by atoms with Crippen molar-refractivity contribution in [2.75, 3.05) is 6.61 Å². The molecule has 1 heterocycles. The molecule has 2 aromatic carbocycles. The highest BCUT2D eigenvalue weighted by Crippen LogP contribution is 2.32. The molecule has 1 aliphatic rings. The Labute approximate surface area is 93.0 Å². The molecule has 0 saturated heterocycles. The van der Waals surface area contributed by atoms with E-state index >= 15 is 0 Å². The van der Waals surface area contributed by atoms with Crippen LogP contribution in [0.15, 0.2) is 41.6 Å². The Kier molecular flexibility index (Phi) is 2.03. The maximum Gasteiger partial charge on any atom is 0.129 e. The van der Waals surface area contributed by atoms with Crippen molar-refractivity contribution in [1.29, 1.82) is 0 Å². The van der Waals surface area contributed by atoms with Crippen LogP contribution in [0.5, 0.6) is 5.75 Å².